The van der Waals surface area contributed by atoms with Gasteiger partial charge in [-0.1, -0.05) is 36.0 Å². The highest BCUT2D eigenvalue weighted by molar-refractivity contribution is 8.00. The maximum Gasteiger partial charge on any atom is 0.355 e. The Morgan fingerprint density at radius 3 is 2.43 bits per heavy atom. The molecule has 30 heavy (non-hydrogen) atoms. The number of rotatable bonds is 4. The normalized spacial score (nSPS) is 19.7. The summed E-state index contributed by atoms with van der Waals surface area (Å²) in [5.74, 6) is -1.61. The predicted molar refractivity (Wildman–Crippen MR) is 107 cm³/mol. The quantitative estimate of drug-likeness (QED) is 0.412. The predicted octanol–water partition coefficient (Wildman–Crippen LogP) is 3.16. The summed E-state index contributed by atoms with van der Waals surface area (Å²) in [5, 5.41) is 11.6. The number of para-hydroxylation sites is 2. The number of hydrogen-bond acceptors (Lipinski definition) is 9. The molecule has 2 aromatic carbocycles. The van der Waals surface area contributed by atoms with Gasteiger partial charge >= 0.3 is 11.9 Å². The average molecular weight is 428 g/mol. The Bertz CT molecular complexity index is 1080. The van der Waals surface area contributed by atoms with Crippen molar-refractivity contribution in [1.82, 2.24) is 0 Å². The van der Waals surface area contributed by atoms with Crippen LogP contribution in [0.3, 0.4) is 0 Å². The van der Waals surface area contributed by atoms with E-state index in [1.165, 1.54) is 44.2 Å². The number of carbonyl (C=O) groups excluding carboxylic acids is 2. The summed E-state index contributed by atoms with van der Waals surface area (Å²) in [5.41, 5.74) is -0.388. The summed E-state index contributed by atoms with van der Waals surface area (Å²) in [6, 6.07) is 13.2. The fraction of sp³-hybridized carbons (Fsp3) is 0.200. The van der Waals surface area contributed by atoms with E-state index in [0.717, 1.165) is 4.90 Å². The van der Waals surface area contributed by atoms with Gasteiger partial charge in [-0.25, -0.2) is 9.59 Å². The van der Waals surface area contributed by atoms with Gasteiger partial charge in [-0.15, -0.1) is 0 Å². The summed E-state index contributed by atoms with van der Waals surface area (Å²) in [6.07, 6.45) is -1.20. The van der Waals surface area contributed by atoms with Crippen LogP contribution in [0.2, 0.25) is 0 Å². The topological polar surface area (TPSA) is 108 Å². The Labute approximate surface area is 175 Å². The highest BCUT2D eigenvalue weighted by Crippen LogP contribution is 2.52. The molecule has 0 saturated heterocycles. The molecule has 9 nitrogen and oxygen atoms in total. The van der Waals surface area contributed by atoms with Gasteiger partial charge in [0.15, 0.2) is 5.56 Å². The molecule has 2 atom stereocenters. The molecule has 0 unspecified atom stereocenters. The number of benzene rings is 2. The van der Waals surface area contributed by atoms with Gasteiger partial charge in [-0.2, -0.15) is 0 Å². The molecular weight excluding hydrogens is 412 g/mol. The smallest absolute Gasteiger partial charge is 0.355 e. The van der Waals surface area contributed by atoms with Gasteiger partial charge in [0.25, 0.3) is 5.69 Å². The second-order valence-corrected chi connectivity index (χ2v) is 7.42. The number of anilines is 1. The average Bonchev–Trinajstić information content (AvgIpc) is 3.14. The van der Waals surface area contributed by atoms with E-state index in [0.29, 0.717) is 5.69 Å². The zero-order valence-corrected chi connectivity index (χ0v) is 16.8. The molecule has 2 aliphatic rings. The lowest BCUT2D eigenvalue weighted by atomic mass is 9.96. The van der Waals surface area contributed by atoms with Crippen molar-refractivity contribution < 1.29 is 28.7 Å². The van der Waals surface area contributed by atoms with Crippen LogP contribution in [-0.2, 0) is 23.8 Å². The Kier molecular flexibility index (Phi) is 5.18. The third-order valence-corrected chi connectivity index (χ3v) is 5.90. The fourth-order valence-corrected chi connectivity index (χ4v) is 4.66. The van der Waals surface area contributed by atoms with Gasteiger partial charge in [0.05, 0.1) is 30.4 Å². The molecule has 4 rings (SSSR count). The van der Waals surface area contributed by atoms with Crippen molar-refractivity contribution in [1.29, 1.82) is 0 Å². The number of thioether (sulfide) groups is 1. The SMILES string of the molecule is COC(=O)C1=C(C(=O)OC)N2c3ccccc3S[C@H]2O[C@@H]1c1ccccc1[N+](=O)[O-]. The van der Waals surface area contributed by atoms with Crippen molar-refractivity contribution in [2.45, 2.75) is 16.6 Å². The first-order chi connectivity index (χ1) is 14.5. The third-order valence-electron chi connectivity index (χ3n) is 4.77. The van der Waals surface area contributed by atoms with Crippen LogP contribution in [0.4, 0.5) is 11.4 Å². The minimum absolute atomic E-state index is 0.0683. The van der Waals surface area contributed by atoms with Crippen LogP contribution in [0.15, 0.2) is 64.7 Å². The van der Waals surface area contributed by atoms with Gasteiger partial charge in [0, 0.05) is 11.0 Å². The first-order valence-corrected chi connectivity index (χ1v) is 9.70. The van der Waals surface area contributed by atoms with Crippen molar-refractivity contribution in [2.75, 3.05) is 19.1 Å². The number of carbonyl (C=O) groups is 2. The molecule has 2 aliphatic heterocycles. The summed E-state index contributed by atoms with van der Waals surface area (Å²) < 4.78 is 16.0. The van der Waals surface area contributed by atoms with Crippen LogP contribution in [0.5, 0.6) is 0 Å². The summed E-state index contributed by atoms with van der Waals surface area (Å²) >= 11 is 1.33. The first-order valence-electron chi connectivity index (χ1n) is 8.82. The van der Waals surface area contributed by atoms with Crippen LogP contribution >= 0.6 is 11.8 Å². The van der Waals surface area contributed by atoms with E-state index in [9.17, 15) is 19.7 Å². The van der Waals surface area contributed by atoms with Gasteiger partial charge in [0.2, 0.25) is 0 Å². The van der Waals surface area contributed by atoms with Gasteiger partial charge in [-0.3, -0.25) is 15.0 Å². The van der Waals surface area contributed by atoms with Crippen LogP contribution in [0.1, 0.15) is 11.7 Å². The number of nitrogens with zero attached hydrogens (tertiary/aromatic N) is 2. The Morgan fingerprint density at radius 2 is 1.73 bits per heavy atom. The van der Waals surface area contributed by atoms with E-state index in [-0.39, 0.29) is 22.5 Å². The first kappa shape index (κ1) is 19.9. The second kappa shape index (κ2) is 7.81. The molecule has 0 spiro atoms. The molecule has 0 bridgehead atoms. The van der Waals surface area contributed by atoms with Gasteiger partial charge in [0.1, 0.15) is 17.4 Å². The monoisotopic (exact) mass is 428 g/mol. The molecular formula is C20H16N2O7S. The van der Waals surface area contributed by atoms with Gasteiger partial charge < -0.3 is 14.2 Å². The summed E-state index contributed by atoms with van der Waals surface area (Å²) in [4.78, 5) is 39.0. The second-order valence-electron chi connectivity index (χ2n) is 6.34. The van der Waals surface area contributed by atoms with Crippen molar-refractivity contribution >= 4 is 35.1 Å². The van der Waals surface area contributed by atoms with Crippen molar-refractivity contribution in [3.8, 4) is 0 Å². The van der Waals surface area contributed by atoms with Crippen LogP contribution in [0.25, 0.3) is 0 Å². The molecule has 0 radical (unpaired) electrons. The Morgan fingerprint density at radius 1 is 1.07 bits per heavy atom. The largest absolute Gasteiger partial charge is 0.466 e. The fourth-order valence-electron chi connectivity index (χ4n) is 3.51. The van der Waals surface area contributed by atoms with Crippen molar-refractivity contribution in [3.05, 3.63) is 75.5 Å². The van der Waals surface area contributed by atoms with Crippen molar-refractivity contribution in [2.24, 2.45) is 0 Å². The number of nitro benzene ring substituents is 1. The lowest BCUT2D eigenvalue weighted by Gasteiger charge is -2.37. The van der Waals surface area contributed by atoms with E-state index < -0.39 is 28.5 Å². The highest BCUT2D eigenvalue weighted by Gasteiger charge is 2.48. The number of hydrogen-bond donors (Lipinski definition) is 0. The van der Waals surface area contributed by atoms with Crippen LogP contribution in [0, 0.1) is 10.1 Å². The molecule has 2 aromatic rings. The Balaban J connectivity index is 1.98. The van der Waals surface area contributed by atoms with E-state index in [1.807, 2.05) is 12.1 Å². The number of methoxy groups -OCH3 is 2. The lowest BCUT2D eigenvalue weighted by molar-refractivity contribution is -0.386. The number of esters is 2. The summed E-state index contributed by atoms with van der Waals surface area (Å²) in [7, 11) is 2.36. The maximum atomic E-state index is 12.8. The van der Waals surface area contributed by atoms with E-state index in [1.54, 1.807) is 23.1 Å². The molecule has 154 valence electrons. The van der Waals surface area contributed by atoms with Gasteiger partial charge in [-0.05, 0) is 18.2 Å². The third kappa shape index (κ3) is 3.10. The standard InChI is InChI=1S/C20H16N2O7S/c1-27-18(23)15-16(19(24)28-2)21-13-9-5-6-10-14(13)30-20(21)29-17(15)11-7-3-4-8-12(11)22(25)26/h3-10,17,20H,1-2H3/t17-,20-/m1/s1. The zero-order chi connectivity index (χ0) is 21.4. The Hall–Kier alpha value is -3.37. The van der Waals surface area contributed by atoms with E-state index >= 15 is 0 Å². The highest BCUT2D eigenvalue weighted by atomic mass is 32.2. The molecule has 0 amide bonds. The number of nitro groups is 1. The molecule has 0 saturated carbocycles. The lowest BCUT2D eigenvalue weighted by Crippen LogP contribution is -2.43. The maximum absolute atomic E-state index is 12.8. The van der Waals surface area contributed by atoms with Crippen LogP contribution in [-0.4, -0.2) is 36.6 Å². The number of ether oxygens (including phenoxy) is 3. The van der Waals surface area contributed by atoms with Crippen molar-refractivity contribution in [3.63, 3.8) is 0 Å². The molecule has 10 heteroatoms. The van der Waals surface area contributed by atoms with E-state index in [4.69, 9.17) is 14.2 Å². The summed E-state index contributed by atoms with van der Waals surface area (Å²) in [6.45, 7) is 0. The molecule has 0 aliphatic carbocycles. The van der Waals surface area contributed by atoms with E-state index in [2.05, 4.69) is 0 Å². The molecule has 0 fully saturated rings. The molecule has 2 heterocycles. The minimum atomic E-state index is -1.20. The molecule has 0 N–H and O–H groups in total. The number of fused-ring (bicyclic) bond motifs is 3. The minimum Gasteiger partial charge on any atom is -0.466 e. The van der Waals surface area contributed by atoms with Crippen LogP contribution < -0.4 is 4.90 Å². The zero-order valence-electron chi connectivity index (χ0n) is 15.9. The molecule has 0 aromatic heterocycles.